The number of rotatable bonds is 6. The lowest BCUT2D eigenvalue weighted by atomic mass is 10.1. The average molecular weight is 304 g/mol. The Labute approximate surface area is 119 Å². The smallest absolute Gasteiger partial charge is 0.240 e. The standard InChI is InChI=1S/C13H18ClNO3S/c14-7-5-11-1-3-13(4-2-11)19(16,17)15-9-12-6-8-18-10-12/h1-4,12,15H,5-10H2. The van der Waals surface area contributed by atoms with Crippen LogP contribution in [0.5, 0.6) is 0 Å². The fourth-order valence-corrected chi connectivity index (χ4v) is 3.33. The van der Waals surface area contributed by atoms with Crippen LogP contribution in [0.2, 0.25) is 0 Å². The van der Waals surface area contributed by atoms with E-state index in [-0.39, 0.29) is 5.92 Å². The molecule has 1 heterocycles. The second-order valence-electron chi connectivity index (χ2n) is 4.66. The third-order valence-corrected chi connectivity index (χ3v) is 4.83. The first-order valence-corrected chi connectivity index (χ1v) is 8.36. The molecule has 0 aromatic heterocycles. The van der Waals surface area contributed by atoms with Gasteiger partial charge in [0, 0.05) is 19.0 Å². The maximum absolute atomic E-state index is 12.1. The summed E-state index contributed by atoms with van der Waals surface area (Å²) in [6.45, 7) is 1.79. The highest BCUT2D eigenvalue weighted by Crippen LogP contribution is 2.14. The maximum Gasteiger partial charge on any atom is 0.240 e. The second kappa shape index (κ2) is 6.70. The first-order chi connectivity index (χ1) is 9.12. The number of hydrogen-bond acceptors (Lipinski definition) is 3. The van der Waals surface area contributed by atoms with E-state index in [1.54, 1.807) is 24.3 Å². The number of nitrogens with one attached hydrogen (secondary N) is 1. The highest BCUT2D eigenvalue weighted by atomic mass is 35.5. The van der Waals surface area contributed by atoms with Crippen molar-refractivity contribution in [3.8, 4) is 0 Å². The third kappa shape index (κ3) is 4.18. The summed E-state index contributed by atoms with van der Waals surface area (Å²) < 4.78 is 32.0. The summed E-state index contributed by atoms with van der Waals surface area (Å²) in [4.78, 5) is 0.296. The Morgan fingerprint density at radius 1 is 1.32 bits per heavy atom. The van der Waals surface area contributed by atoms with Crippen molar-refractivity contribution < 1.29 is 13.2 Å². The van der Waals surface area contributed by atoms with Gasteiger partial charge in [-0.15, -0.1) is 11.6 Å². The number of aryl methyl sites for hydroxylation is 1. The lowest BCUT2D eigenvalue weighted by molar-refractivity contribution is 0.186. The van der Waals surface area contributed by atoms with Gasteiger partial charge in [0.15, 0.2) is 0 Å². The van der Waals surface area contributed by atoms with Crippen LogP contribution in [0.15, 0.2) is 29.2 Å². The molecule has 0 bridgehead atoms. The molecule has 2 rings (SSSR count). The van der Waals surface area contributed by atoms with E-state index in [0.717, 1.165) is 25.0 Å². The van der Waals surface area contributed by atoms with Crippen molar-refractivity contribution >= 4 is 21.6 Å². The molecule has 1 N–H and O–H groups in total. The lowest BCUT2D eigenvalue weighted by Crippen LogP contribution is -2.29. The Kier molecular flexibility index (Phi) is 5.21. The largest absolute Gasteiger partial charge is 0.381 e. The quantitative estimate of drug-likeness (QED) is 0.815. The zero-order valence-corrected chi connectivity index (χ0v) is 12.2. The number of sulfonamides is 1. The summed E-state index contributed by atoms with van der Waals surface area (Å²) in [6.07, 6.45) is 1.66. The molecule has 4 nitrogen and oxygen atoms in total. The highest BCUT2D eigenvalue weighted by molar-refractivity contribution is 7.89. The summed E-state index contributed by atoms with van der Waals surface area (Å²) >= 11 is 5.65. The van der Waals surface area contributed by atoms with E-state index < -0.39 is 10.0 Å². The van der Waals surface area contributed by atoms with Crippen molar-refractivity contribution in [2.75, 3.05) is 25.6 Å². The molecular weight excluding hydrogens is 286 g/mol. The van der Waals surface area contributed by atoms with Crippen LogP contribution in [0.1, 0.15) is 12.0 Å². The SMILES string of the molecule is O=S(=O)(NCC1CCOC1)c1ccc(CCCl)cc1. The first kappa shape index (κ1) is 14.8. The maximum atomic E-state index is 12.1. The summed E-state index contributed by atoms with van der Waals surface area (Å²) in [6, 6.07) is 6.84. The van der Waals surface area contributed by atoms with Gasteiger partial charge in [0.05, 0.1) is 11.5 Å². The summed E-state index contributed by atoms with van der Waals surface area (Å²) in [5.41, 5.74) is 1.04. The van der Waals surface area contributed by atoms with Crippen LogP contribution < -0.4 is 4.72 Å². The van der Waals surface area contributed by atoms with E-state index in [2.05, 4.69) is 4.72 Å². The van der Waals surface area contributed by atoms with E-state index in [1.165, 1.54) is 0 Å². The van der Waals surface area contributed by atoms with E-state index in [9.17, 15) is 8.42 Å². The van der Waals surface area contributed by atoms with Gasteiger partial charge in [-0.25, -0.2) is 13.1 Å². The number of halogens is 1. The minimum Gasteiger partial charge on any atom is -0.381 e. The van der Waals surface area contributed by atoms with E-state index in [1.807, 2.05) is 0 Å². The number of benzene rings is 1. The fourth-order valence-electron chi connectivity index (χ4n) is 2.00. The Morgan fingerprint density at radius 3 is 2.63 bits per heavy atom. The van der Waals surface area contributed by atoms with Gasteiger partial charge in [0.1, 0.15) is 0 Å². The molecule has 1 unspecified atom stereocenters. The molecule has 6 heteroatoms. The minimum absolute atomic E-state index is 0.283. The Balaban J connectivity index is 1.97. The molecular formula is C13H18ClNO3S. The third-order valence-electron chi connectivity index (χ3n) is 3.20. The van der Waals surface area contributed by atoms with Crippen LogP contribution in [-0.4, -0.2) is 34.1 Å². The molecule has 1 aliphatic rings. The molecule has 0 radical (unpaired) electrons. The topological polar surface area (TPSA) is 55.4 Å². The van der Waals surface area contributed by atoms with Gasteiger partial charge in [0.2, 0.25) is 10.0 Å². The summed E-state index contributed by atoms with van der Waals surface area (Å²) in [5.74, 6) is 0.816. The molecule has 19 heavy (non-hydrogen) atoms. The molecule has 1 atom stereocenters. The van der Waals surface area contributed by atoms with E-state index >= 15 is 0 Å². The number of ether oxygens (including phenoxy) is 1. The van der Waals surface area contributed by atoms with Crippen molar-refractivity contribution in [3.05, 3.63) is 29.8 Å². The summed E-state index contributed by atoms with van der Waals surface area (Å²) in [7, 11) is -3.42. The van der Waals surface area contributed by atoms with Crippen LogP contribution in [-0.2, 0) is 21.2 Å². The van der Waals surface area contributed by atoms with Gasteiger partial charge in [-0.05, 0) is 36.5 Å². The monoisotopic (exact) mass is 303 g/mol. The van der Waals surface area contributed by atoms with Gasteiger partial charge in [-0.2, -0.15) is 0 Å². The zero-order valence-electron chi connectivity index (χ0n) is 10.6. The average Bonchev–Trinajstić information content (AvgIpc) is 2.91. The van der Waals surface area contributed by atoms with E-state index in [4.69, 9.17) is 16.3 Å². The van der Waals surface area contributed by atoms with Crippen LogP contribution in [0, 0.1) is 5.92 Å². The highest BCUT2D eigenvalue weighted by Gasteiger charge is 2.20. The summed E-state index contributed by atoms with van der Waals surface area (Å²) in [5, 5.41) is 0. The molecule has 1 saturated heterocycles. The van der Waals surface area contributed by atoms with Crippen molar-refractivity contribution in [2.45, 2.75) is 17.7 Å². The molecule has 1 aromatic rings. The number of hydrogen-bond donors (Lipinski definition) is 1. The van der Waals surface area contributed by atoms with Gasteiger partial charge < -0.3 is 4.74 Å². The molecule has 1 aliphatic heterocycles. The van der Waals surface area contributed by atoms with Gasteiger partial charge in [-0.3, -0.25) is 0 Å². The lowest BCUT2D eigenvalue weighted by Gasteiger charge is -2.10. The molecule has 0 amide bonds. The van der Waals surface area contributed by atoms with Crippen molar-refractivity contribution in [1.82, 2.24) is 4.72 Å². The van der Waals surface area contributed by atoms with E-state index in [0.29, 0.717) is 23.9 Å². The molecule has 0 saturated carbocycles. The van der Waals surface area contributed by atoms with Crippen molar-refractivity contribution in [1.29, 1.82) is 0 Å². The fraction of sp³-hybridized carbons (Fsp3) is 0.538. The Morgan fingerprint density at radius 2 is 2.05 bits per heavy atom. The molecule has 106 valence electrons. The van der Waals surface area contributed by atoms with Crippen LogP contribution in [0.25, 0.3) is 0 Å². The van der Waals surface area contributed by atoms with Crippen LogP contribution in [0.4, 0.5) is 0 Å². The molecule has 1 fully saturated rings. The predicted octanol–water partition coefficient (Wildman–Crippen LogP) is 1.78. The Bertz CT molecular complexity index is 495. The first-order valence-electron chi connectivity index (χ1n) is 6.34. The predicted molar refractivity (Wildman–Crippen MR) is 75.0 cm³/mol. The molecule has 0 aliphatic carbocycles. The van der Waals surface area contributed by atoms with Gasteiger partial charge in [-0.1, -0.05) is 12.1 Å². The zero-order chi connectivity index (χ0) is 13.7. The van der Waals surface area contributed by atoms with Crippen molar-refractivity contribution in [3.63, 3.8) is 0 Å². The van der Waals surface area contributed by atoms with Crippen LogP contribution >= 0.6 is 11.6 Å². The van der Waals surface area contributed by atoms with Crippen LogP contribution in [0.3, 0.4) is 0 Å². The Hall–Kier alpha value is -0.620. The normalized spacial score (nSPS) is 19.7. The minimum atomic E-state index is -3.42. The van der Waals surface area contributed by atoms with Crippen molar-refractivity contribution in [2.24, 2.45) is 5.92 Å². The number of alkyl halides is 1. The molecule has 1 aromatic carbocycles. The molecule has 0 spiro atoms. The van der Waals surface area contributed by atoms with Gasteiger partial charge >= 0.3 is 0 Å². The second-order valence-corrected chi connectivity index (χ2v) is 6.81. The van der Waals surface area contributed by atoms with Gasteiger partial charge in [0.25, 0.3) is 0 Å².